The van der Waals surface area contributed by atoms with Gasteiger partial charge in [0.15, 0.2) is 12.4 Å². The highest BCUT2D eigenvalue weighted by Gasteiger charge is 2.84. The van der Waals surface area contributed by atoms with Gasteiger partial charge in [-0.2, -0.15) is 8.42 Å². The van der Waals surface area contributed by atoms with Crippen LogP contribution in [0.2, 0.25) is 0 Å². The molecule has 274 valence electrons. The van der Waals surface area contributed by atoms with Crippen molar-refractivity contribution in [2.45, 2.75) is 149 Å². The normalized spacial score (nSPS) is 49.8. The van der Waals surface area contributed by atoms with Gasteiger partial charge in [0.05, 0.1) is 36.6 Å². The summed E-state index contributed by atoms with van der Waals surface area (Å²) < 4.78 is 41.9. The van der Waals surface area contributed by atoms with Crippen molar-refractivity contribution in [3.05, 3.63) is 0 Å². The Balaban J connectivity index is 0.00000129. The number of hydrogen-bond donors (Lipinski definition) is 2. The second kappa shape index (κ2) is 12.3. The molecule has 2 spiro atoms. The van der Waals surface area contributed by atoms with Crippen LogP contribution in [0.3, 0.4) is 0 Å². The molecule has 0 radical (unpaired) electrons. The van der Waals surface area contributed by atoms with Gasteiger partial charge >= 0.3 is 17.5 Å². The Labute approximate surface area is 290 Å². The van der Waals surface area contributed by atoms with Crippen LogP contribution in [0, 0.1) is 50.7 Å². The van der Waals surface area contributed by atoms with E-state index in [1.165, 1.54) is 32.6 Å². The molecule has 11 heteroatoms. The zero-order chi connectivity index (χ0) is 35.2. The Morgan fingerprint density at radius 2 is 1.69 bits per heavy atom. The van der Waals surface area contributed by atoms with Crippen molar-refractivity contribution in [2.24, 2.45) is 50.7 Å². The molecule has 5 aliphatic carbocycles. The average Bonchev–Trinajstić information content (AvgIpc) is 3.62. The van der Waals surface area contributed by atoms with Gasteiger partial charge in [-0.3, -0.25) is 9.69 Å². The van der Waals surface area contributed by atoms with E-state index < -0.39 is 41.5 Å². The van der Waals surface area contributed by atoms with Crippen LogP contribution < -0.4 is 0 Å². The first-order valence-corrected chi connectivity index (χ1v) is 19.1. The van der Waals surface area contributed by atoms with Crippen LogP contribution in [-0.4, -0.2) is 98.7 Å². The molecule has 14 atom stereocenters. The lowest BCUT2D eigenvalue weighted by atomic mass is 9.41. The summed E-state index contributed by atoms with van der Waals surface area (Å²) in [5.41, 5.74) is -0.869. The Morgan fingerprint density at radius 1 is 1.04 bits per heavy atom. The average molecular weight is 696 g/mol. The van der Waals surface area contributed by atoms with E-state index in [0.717, 1.165) is 39.0 Å². The predicted octanol–water partition coefficient (Wildman–Crippen LogP) is 4.51. The molecular weight excluding hydrogens is 634 g/mol. The first-order chi connectivity index (χ1) is 22.3. The number of hydrogen-bond acceptors (Lipinski definition) is 10. The largest absolute Gasteiger partial charge is 0.457 e. The van der Waals surface area contributed by atoms with E-state index in [1.807, 2.05) is 0 Å². The third kappa shape index (κ3) is 5.25. The maximum Gasteiger partial charge on any atom is 0.335 e. The van der Waals surface area contributed by atoms with Crippen molar-refractivity contribution in [2.75, 3.05) is 26.7 Å². The molecule has 0 amide bonds. The van der Waals surface area contributed by atoms with Crippen molar-refractivity contribution in [3.8, 4) is 0 Å². The lowest BCUT2D eigenvalue weighted by Crippen LogP contribution is -2.60. The molecule has 48 heavy (non-hydrogen) atoms. The monoisotopic (exact) mass is 695 g/mol. The van der Waals surface area contributed by atoms with Crippen molar-refractivity contribution in [1.82, 2.24) is 4.90 Å². The summed E-state index contributed by atoms with van der Waals surface area (Å²) in [6, 6.07) is 0. The molecule has 3 unspecified atom stereocenters. The smallest absolute Gasteiger partial charge is 0.335 e. The van der Waals surface area contributed by atoms with Crippen molar-refractivity contribution < 1.29 is 42.4 Å². The van der Waals surface area contributed by atoms with Crippen molar-refractivity contribution in [3.63, 3.8) is 0 Å². The number of likely N-dealkylation sites (N-methyl/N-ethyl adjacent to an activating group) is 1. The number of esters is 1. The van der Waals surface area contributed by atoms with Crippen LogP contribution >= 0.6 is 0 Å². The topological polar surface area (TPSA) is 132 Å². The summed E-state index contributed by atoms with van der Waals surface area (Å²) >= 11 is -0.750. The van der Waals surface area contributed by atoms with Gasteiger partial charge < -0.3 is 29.2 Å². The van der Waals surface area contributed by atoms with Gasteiger partial charge in [-0.05, 0) is 118 Å². The molecular formula is C37H61NO9S. The predicted molar refractivity (Wildman–Crippen MR) is 179 cm³/mol. The minimum absolute atomic E-state index is 0.0418. The maximum atomic E-state index is 12.5. The fourth-order valence-electron chi connectivity index (χ4n) is 13.6. The van der Waals surface area contributed by atoms with Gasteiger partial charge in [0.2, 0.25) is 0 Å². The van der Waals surface area contributed by atoms with Gasteiger partial charge in [-0.25, -0.2) is 0 Å². The lowest BCUT2D eigenvalue weighted by molar-refractivity contribution is -0.247. The van der Waals surface area contributed by atoms with E-state index in [4.69, 9.17) is 27.4 Å². The second-order valence-electron chi connectivity index (χ2n) is 18.5. The molecule has 2 N–H and O–H groups in total. The van der Waals surface area contributed by atoms with Crippen LogP contribution in [0.1, 0.15) is 107 Å². The Morgan fingerprint density at radius 3 is 2.31 bits per heavy atom. The third-order valence-corrected chi connectivity index (χ3v) is 15.6. The van der Waals surface area contributed by atoms with Gasteiger partial charge in [0, 0.05) is 25.4 Å². The number of aliphatic hydroxyl groups excluding tert-OH is 1. The number of fused-ring (bicyclic) bond motifs is 4. The van der Waals surface area contributed by atoms with Gasteiger partial charge in [-0.15, -0.1) is 0 Å². The summed E-state index contributed by atoms with van der Waals surface area (Å²) in [5.74, 6) is 1.16. The number of morpholine rings is 1. The van der Waals surface area contributed by atoms with Crippen LogP contribution in [0.5, 0.6) is 0 Å². The molecule has 7 rings (SSSR count). The maximum absolute atomic E-state index is 12.5. The van der Waals surface area contributed by atoms with Crippen LogP contribution in [0.4, 0.5) is 0 Å². The standard InChI is InChI=1S/C37H61NO7.O2S/c1-21-18-23(31(33(5,6)41)43-22(2)39)44-29-28(21)34(7)14-15-37-20-36(37)13-12-26(45-27-19-38(9)16-17-42-27)32(3,4)24(36)10-11-25(37)35(34,8)30(29)40;1-3-2/h21,23-31,40-41H,10-20H2,1-9H3;/t21-,23?,24+,25?,26+,27+,28+,29?,30+,31+,34-,35-,36-,37+;/m1./s1. The van der Waals surface area contributed by atoms with E-state index in [-0.39, 0.29) is 52.0 Å². The summed E-state index contributed by atoms with van der Waals surface area (Å²) in [5, 5.41) is 23.5. The SMILES string of the molecule is CC(=O)O[C@@H](C1C[C@@H](C)[C@H]2C(O1)[C@H](O)[C@@]1(C)C3CC[C@H]4C(C)(C)[C@@H](O[C@H]5CN(C)CCO5)CC[C@@]45C[C@@]35CC[C@]21C)C(C)(C)O.O=S=O. The van der Waals surface area contributed by atoms with E-state index in [1.54, 1.807) is 13.8 Å². The van der Waals surface area contributed by atoms with E-state index in [9.17, 15) is 15.0 Å². The fraction of sp³-hybridized carbons (Fsp3) is 0.973. The zero-order valence-corrected chi connectivity index (χ0v) is 31.5. The number of rotatable bonds is 5. The number of nitrogens with zero attached hydrogens (tertiary/aromatic N) is 1. The molecule has 0 aromatic carbocycles. The van der Waals surface area contributed by atoms with Gasteiger partial charge in [-0.1, -0.05) is 34.6 Å². The van der Waals surface area contributed by atoms with Crippen molar-refractivity contribution in [1.29, 1.82) is 0 Å². The summed E-state index contributed by atoms with van der Waals surface area (Å²) in [6.07, 6.45) is 6.89. The van der Waals surface area contributed by atoms with Crippen LogP contribution in [0.15, 0.2) is 0 Å². The Hall–Kier alpha value is -0.950. The molecule has 7 aliphatic rings. The Bertz CT molecular complexity index is 1280. The molecule has 0 aromatic rings. The fourth-order valence-corrected chi connectivity index (χ4v) is 13.6. The highest BCUT2D eigenvalue weighted by atomic mass is 32.1. The number of carbonyl (C=O) groups is 1. The van der Waals surface area contributed by atoms with Crippen LogP contribution in [0.25, 0.3) is 0 Å². The van der Waals surface area contributed by atoms with Gasteiger partial charge in [0.25, 0.3) is 0 Å². The molecule has 2 saturated heterocycles. The molecule has 7 fully saturated rings. The Kier molecular flexibility index (Phi) is 9.46. The molecule has 2 aliphatic heterocycles. The molecule has 0 bridgehead atoms. The van der Waals surface area contributed by atoms with E-state index >= 15 is 0 Å². The van der Waals surface area contributed by atoms with Gasteiger partial charge in [0.1, 0.15) is 0 Å². The molecule has 5 saturated carbocycles. The molecule has 0 aromatic heterocycles. The quantitative estimate of drug-likeness (QED) is 0.397. The second-order valence-corrected chi connectivity index (χ2v) is 18.6. The first-order valence-electron chi connectivity index (χ1n) is 18.4. The van der Waals surface area contributed by atoms with E-state index in [2.05, 4.69) is 46.6 Å². The minimum Gasteiger partial charge on any atom is -0.457 e. The number of aliphatic hydroxyl groups is 2. The van der Waals surface area contributed by atoms with Crippen molar-refractivity contribution >= 4 is 17.5 Å². The minimum atomic E-state index is -1.25. The molecule has 10 nitrogen and oxygen atoms in total. The summed E-state index contributed by atoms with van der Waals surface area (Å²) in [6.45, 7) is 19.4. The summed E-state index contributed by atoms with van der Waals surface area (Å²) in [4.78, 5) is 14.4. The summed E-state index contributed by atoms with van der Waals surface area (Å²) in [7, 11) is 2.15. The first kappa shape index (κ1) is 36.8. The van der Waals surface area contributed by atoms with Crippen LogP contribution in [-0.2, 0) is 35.3 Å². The highest BCUT2D eigenvalue weighted by Crippen LogP contribution is 2.89. The number of carbonyl (C=O) groups excluding carboxylic acids is 1. The van der Waals surface area contributed by atoms with E-state index in [0.29, 0.717) is 23.7 Å². The number of ether oxygens (including phenoxy) is 4. The third-order valence-electron chi connectivity index (χ3n) is 15.6. The molecule has 2 heterocycles. The lowest BCUT2D eigenvalue weighted by Gasteiger charge is -2.64. The highest BCUT2D eigenvalue weighted by molar-refractivity contribution is 7.51. The zero-order valence-electron chi connectivity index (χ0n) is 30.7.